The Bertz CT molecular complexity index is 2010. The van der Waals surface area contributed by atoms with Crippen molar-refractivity contribution >= 4 is 41.3 Å². The van der Waals surface area contributed by atoms with Crippen LogP contribution in [0.5, 0.6) is 5.75 Å². The number of carbonyl (C=O) groups is 5. The SMILES string of the molecule is CCC(C(=O)O)c1cn(Cc2ccc([C@H]3O[C@@H]3[C@@H](C)[C@@H]3C/C=C/C(=O)N[C@H](Cc4ccc(OC)c(Cl)c4)C(=O)NCC(C)(C)C(=O)O[C@@H](CC(C)C)C(=O)O3)cc2)nn1. The number of aromatic nitrogens is 3. The highest BCUT2D eigenvalue weighted by Gasteiger charge is 2.48. The molecule has 15 nitrogen and oxygen atoms in total. The molecular formula is C43H54ClN5O10. The number of esters is 2. The molecule has 5 rings (SSSR count). The Balaban J connectivity index is 1.34. The smallest absolute Gasteiger partial charge is 0.347 e. The van der Waals surface area contributed by atoms with Gasteiger partial charge in [-0.25, -0.2) is 9.48 Å². The van der Waals surface area contributed by atoms with Gasteiger partial charge < -0.3 is 34.7 Å². The van der Waals surface area contributed by atoms with E-state index in [0.29, 0.717) is 35.0 Å². The topological polar surface area (TPSA) is 201 Å². The van der Waals surface area contributed by atoms with Crippen LogP contribution < -0.4 is 15.4 Å². The first-order valence-electron chi connectivity index (χ1n) is 19.8. The monoisotopic (exact) mass is 835 g/mol. The molecule has 3 heterocycles. The Morgan fingerprint density at radius 1 is 1.07 bits per heavy atom. The van der Waals surface area contributed by atoms with E-state index in [1.54, 1.807) is 55.9 Å². The third-order valence-corrected chi connectivity index (χ3v) is 10.8. The number of cyclic esters (lactones) is 2. The van der Waals surface area contributed by atoms with Crippen LogP contribution in [-0.4, -0.2) is 87.8 Å². The third kappa shape index (κ3) is 11.9. The standard InChI is InChI=1S/C43H54ClN5O10/c1-8-29(40(52)53)32-22-49(48-47-32)21-26-12-15-28(16-13-26)38-37(59-38)25(4)33-10-9-11-36(50)46-31(20-27-14-17-34(56-7)30(44)19-27)39(51)45-23-43(5,6)42(55)58-35(18-24(2)3)41(54)57-33/h9,11-17,19,22,24-25,29,31,33,35,37-38H,8,10,18,20-21,23H2,1-7H3,(H,45,51)(H,46,50)(H,52,53)/b11-9+/t25-,29?,31+,33-,35-,37+,38+/m0/s1. The second kappa shape index (κ2) is 19.6. The highest BCUT2D eigenvalue weighted by atomic mass is 35.5. The molecule has 0 aliphatic carbocycles. The fourth-order valence-corrected chi connectivity index (χ4v) is 7.16. The van der Waals surface area contributed by atoms with Crippen LogP contribution in [0.2, 0.25) is 5.02 Å². The number of epoxide rings is 1. The fraction of sp³-hybridized carbons (Fsp3) is 0.512. The first-order chi connectivity index (χ1) is 28.0. The molecule has 318 valence electrons. The minimum atomic E-state index is -1.24. The van der Waals surface area contributed by atoms with Gasteiger partial charge in [0.2, 0.25) is 11.8 Å². The number of hydrogen-bond acceptors (Lipinski definition) is 11. The summed E-state index contributed by atoms with van der Waals surface area (Å²) in [5.74, 6) is -4.04. The number of halogens is 1. The number of carboxylic acid groups (broad SMARTS) is 1. The number of nitrogens with one attached hydrogen (secondary N) is 2. The normalized spacial score (nSPS) is 24.3. The van der Waals surface area contributed by atoms with E-state index < -0.39 is 59.3 Å². The number of amides is 2. The van der Waals surface area contributed by atoms with Crippen molar-refractivity contribution in [2.24, 2.45) is 17.3 Å². The van der Waals surface area contributed by atoms with Gasteiger partial charge in [-0.3, -0.25) is 19.2 Å². The molecule has 3 aromatic rings. The zero-order chi connectivity index (χ0) is 43.0. The number of ether oxygens (including phenoxy) is 4. The molecule has 2 aliphatic rings. The number of nitrogens with zero attached hydrogens (tertiary/aromatic N) is 3. The Morgan fingerprint density at radius 2 is 1.78 bits per heavy atom. The summed E-state index contributed by atoms with van der Waals surface area (Å²) in [6.45, 7) is 11.0. The molecule has 1 fully saturated rings. The number of carboxylic acids is 1. The summed E-state index contributed by atoms with van der Waals surface area (Å²) < 4.78 is 24.9. The van der Waals surface area contributed by atoms with Crippen molar-refractivity contribution in [1.29, 1.82) is 0 Å². The lowest BCUT2D eigenvalue weighted by atomic mass is 9.92. The maximum absolute atomic E-state index is 13.8. The predicted octanol–water partition coefficient (Wildman–Crippen LogP) is 5.34. The quantitative estimate of drug-likeness (QED) is 0.148. The van der Waals surface area contributed by atoms with Crippen molar-refractivity contribution in [2.45, 2.75) is 110 Å². The van der Waals surface area contributed by atoms with Gasteiger partial charge in [-0.05, 0) is 67.5 Å². The average Bonchev–Trinajstić information content (AvgIpc) is 3.86. The lowest BCUT2D eigenvalue weighted by Gasteiger charge is -2.29. The van der Waals surface area contributed by atoms with Gasteiger partial charge in [0.15, 0.2) is 6.10 Å². The number of methoxy groups -OCH3 is 1. The van der Waals surface area contributed by atoms with Gasteiger partial charge in [0.25, 0.3) is 0 Å². The first kappa shape index (κ1) is 44.8. The van der Waals surface area contributed by atoms with E-state index in [2.05, 4.69) is 20.9 Å². The summed E-state index contributed by atoms with van der Waals surface area (Å²) >= 11 is 6.35. The zero-order valence-electron chi connectivity index (χ0n) is 34.5. The molecule has 0 radical (unpaired) electrons. The van der Waals surface area contributed by atoms with E-state index in [9.17, 15) is 29.1 Å². The molecule has 0 saturated carbocycles. The second-order valence-electron chi connectivity index (χ2n) is 16.2. The van der Waals surface area contributed by atoms with Crippen molar-refractivity contribution < 1.29 is 48.0 Å². The summed E-state index contributed by atoms with van der Waals surface area (Å²) in [6, 6.07) is 11.8. The average molecular weight is 836 g/mol. The summed E-state index contributed by atoms with van der Waals surface area (Å²) in [6.07, 6.45) is 2.79. The number of benzene rings is 2. The van der Waals surface area contributed by atoms with Crippen LogP contribution in [0.4, 0.5) is 0 Å². The predicted molar refractivity (Wildman–Crippen MR) is 216 cm³/mol. The minimum absolute atomic E-state index is 0.0239. The molecule has 59 heavy (non-hydrogen) atoms. The molecule has 0 spiro atoms. The molecule has 2 aliphatic heterocycles. The van der Waals surface area contributed by atoms with Gasteiger partial charge in [0.1, 0.15) is 29.9 Å². The largest absolute Gasteiger partial charge is 0.495 e. The molecule has 1 aromatic heterocycles. The number of rotatable bonds is 13. The van der Waals surface area contributed by atoms with Crippen LogP contribution >= 0.6 is 11.6 Å². The summed E-state index contributed by atoms with van der Waals surface area (Å²) in [4.78, 5) is 65.8. The molecular weight excluding hydrogens is 782 g/mol. The van der Waals surface area contributed by atoms with Crippen molar-refractivity contribution in [3.8, 4) is 5.75 Å². The van der Waals surface area contributed by atoms with Crippen LogP contribution in [0.15, 0.2) is 60.8 Å². The Labute approximate surface area is 349 Å². The summed E-state index contributed by atoms with van der Waals surface area (Å²) in [7, 11) is 1.50. The van der Waals surface area contributed by atoms with Crippen LogP contribution in [0.3, 0.4) is 0 Å². The second-order valence-corrected chi connectivity index (χ2v) is 16.6. The zero-order valence-corrected chi connectivity index (χ0v) is 35.2. The van der Waals surface area contributed by atoms with E-state index in [4.69, 9.17) is 30.5 Å². The molecule has 3 N–H and O–H groups in total. The number of hydrogen-bond donors (Lipinski definition) is 3. The Kier molecular flexibility index (Phi) is 14.9. The van der Waals surface area contributed by atoms with Crippen LogP contribution in [0, 0.1) is 17.3 Å². The van der Waals surface area contributed by atoms with Crippen molar-refractivity contribution in [3.63, 3.8) is 0 Å². The Morgan fingerprint density at radius 3 is 2.42 bits per heavy atom. The third-order valence-electron chi connectivity index (χ3n) is 10.6. The van der Waals surface area contributed by atoms with E-state index in [-0.39, 0.29) is 49.9 Å². The molecule has 2 aromatic carbocycles. The van der Waals surface area contributed by atoms with E-state index in [0.717, 1.165) is 11.1 Å². The van der Waals surface area contributed by atoms with Crippen LogP contribution in [0.25, 0.3) is 0 Å². The van der Waals surface area contributed by atoms with Gasteiger partial charge in [-0.1, -0.05) is 80.9 Å². The maximum atomic E-state index is 13.8. The molecule has 7 atom stereocenters. The van der Waals surface area contributed by atoms with Crippen LogP contribution in [0.1, 0.15) is 95.2 Å². The maximum Gasteiger partial charge on any atom is 0.347 e. The summed E-state index contributed by atoms with van der Waals surface area (Å²) in [5, 5.41) is 23.5. The number of aliphatic carboxylic acids is 1. The highest BCUT2D eigenvalue weighted by molar-refractivity contribution is 6.32. The van der Waals surface area contributed by atoms with Crippen molar-refractivity contribution in [1.82, 2.24) is 25.6 Å². The van der Waals surface area contributed by atoms with Crippen molar-refractivity contribution in [3.05, 3.63) is 88.2 Å². The van der Waals surface area contributed by atoms with E-state index >= 15 is 0 Å². The molecule has 0 bridgehead atoms. The van der Waals surface area contributed by atoms with E-state index in [1.165, 1.54) is 13.2 Å². The lowest BCUT2D eigenvalue weighted by Crippen LogP contribution is -2.51. The van der Waals surface area contributed by atoms with Gasteiger partial charge in [-0.2, -0.15) is 0 Å². The summed E-state index contributed by atoms with van der Waals surface area (Å²) in [5.41, 5.74) is 1.67. The molecule has 1 unspecified atom stereocenters. The fourth-order valence-electron chi connectivity index (χ4n) is 6.88. The minimum Gasteiger partial charge on any atom is -0.495 e. The molecule has 2 amide bonds. The highest BCUT2D eigenvalue weighted by Crippen LogP contribution is 2.45. The van der Waals surface area contributed by atoms with E-state index in [1.807, 2.05) is 45.0 Å². The van der Waals surface area contributed by atoms with Gasteiger partial charge in [-0.15, -0.1) is 5.10 Å². The van der Waals surface area contributed by atoms with Crippen LogP contribution in [-0.2, 0) is 51.1 Å². The van der Waals surface area contributed by atoms with Gasteiger partial charge in [0.05, 0.1) is 35.9 Å². The molecule has 1 saturated heterocycles. The van der Waals surface area contributed by atoms with Gasteiger partial charge in [0, 0.05) is 31.5 Å². The number of carbonyl (C=O) groups excluding carboxylic acids is 4. The molecule has 16 heteroatoms. The van der Waals surface area contributed by atoms with Crippen molar-refractivity contribution in [2.75, 3.05) is 13.7 Å². The lowest BCUT2D eigenvalue weighted by molar-refractivity contribution is -0.179. The Hall–Kier alpha value is -5.28. The van der Waals surface area contributed by atoms with Gasteiger partial charge >= 0.3 is 17.9 Å². The first-order valence-corrected chi connectivity index (χ1v) is 20.2.